The molecule has 4 aliphatic rings. The number of aldehydes is 1. The van der Waals surface area contributed by atoms with Crippen molar-refractivity contribution in [2.24, 2.45) is 17.3 Å². The summed E-state index contributed by atoms with van der Waals surface area (Å²) in [6.07, 6.45) is 5.38. The van der Waals surface area contributed by atoms with E-state index < -0.39 is 59.6 Å². The van der Waals surface area contributed by atoms with Crippen molar-refractivity contribution in [1.29, 1.82) is 0 Å². The van der Waals surface area contributed by atoms with Crippen LogP contribution in [0.15, 0.2) is 18.2 Å². The van der Waals surface area contributed by atoms with Gasteiger partial charge in [0.25, 0.3) is 5.92 Å². The molecule has 2 saturated carbocycles. The van der Waals surface area contributed by atoms with Crippen LogP contribution < -0.4 is 14.8 Å². The highest BCUT2D eigenvalue weighted by molar-refractivity contribution is 5.89. The quantitative estimate of drug-likeness (QED) is 0.407. The third-order valence-electron chi connectivity index (χ3n) is 10.6. The van der Waals surface area contributed by atoms with E-state index in [1.165, 1.54) is 12.0 Å². The summed E-state index contributed by atoms with van der Waals surface area (Å²) in [6, 6.07) is 3.05. The molecule has 1 N–H and O–H groups in total. The van der Waals surface area contributed by atoms with Gasteiger partial charge in [-0.25, -0.2) is 14.8 Å². The Labute approximate surface area is 267 Å². The molecule has 0 spiro atoms. The Balaban J connectivity index is 1.40. The summed E-state index contributed by atoms with van der Waals surface area (Å²) in [7, 11) is 1.50. The minimum Gasteiger partial charge on any atom is -0.497 e. The first-order valence-electron chi connectivity index (χ1n) is 16.7. The van der Waals surface area contributed by atoms with Crippen LogP contribution in [-0.2, 0) is 20.2 Å². The van der Waals surface area contributed by atoms with Crippen LogP contribution >= 0.6 is 0 Å². The Morgan fingerprint density at radius 1 is 1.04 bits per heavy atom. The molecule has 2 aromatic rings. The SMILES string of the molecule is CC[C@@H]1[C@@H]2CN(C(=O)[C@H](C3(C)CCCCC3)NC(=O)O[C@@H]3C[C@H]3CCCCC(F)(F)c3nc4ccc(OC)cc4nc3O2)[C@@H]1C=O. The van der Waals surface area contributed by atoms with Crippen LogP contribution in [0.5, 0.6) is 11.6 Å². The number of amides is 2. The number of carbonyl (C=O) groups is 3. The molecule has 2 aliphatic heterocycles. The van der Waals surface area contributed by atoms with E-state index >= 15 is 8.78 Å². The molecule has 1 saturated heterocycles. The molecule has 1 aromatic heterocycles. The Kier molecular flexibility index (Phi) is 9.08. The second-order valence-electron chi connectivity index (χ2n) is 13.8. The second-order valence-corrected chi connectivity index (χ2v) is 13.8. The molecule has 3 heterocycles. The molecule has 2 aliphatic carbocycles. The lowest BCUT2D eigenvalue weighted by atomic mass is 9.70. The van der Waals surface area contributed by atoms with Crippen molar-refractivity contribution in [1.82, 2.24) is 20.2 Å². The summed E-state index contributed by atoms with van der Waals surface area (Å²) < 4.78 is 49.3. The van der Waals surface area contributed by atoms with Crippen molar-refractivity contribution in [3.8, 4) is 11.6 Å². The number of nitrogens with zero attached hydrogens (tertiary/aromatic N) is 3. The molecule has 1 aromatic carbocycles. The van der Waals surface area contributed by atoms with Crippen molar-refractivity contribution in [2.45, 2.75) is 115 Å². The Hall–Kier alpha value is -3.57. The number of hydrogen-bond donors (Lipinski definition) is 1. The normalized spacial score (nSPS) is 31.3. The zero-order valence-electron chi connectivity index (χ0n) is 26.8. The van der Waals surface area contributed by atoms with Crippen LogP contribution in [0, 0.1) is 17.3 Å². The molecule has 0 unspecified atom stereocenters. The summed E-state index contributed by atoms with van der Waals surface area (Å²) in [4.78, 5) is 50.6. The summed E-state index contributed by atoms with van der Waals surface area (Å²) in [5.41, 5.74) is -0.483. The average Bonchev–Trinajstić information content (AvgIpc) is 3.68. The number of alkyl halides is 2. The zero-order valence-corrected chi connectivity index (χ0v) is 26.8. The smallest absolute Gasteiger partial charge is 0.408 e. The van der Waals surface area contributed by atoms with Gasteiger partial charge in [0.05, 0.1) is 30.7 Å². The first-order chi connectivity index (χ1) is 22.1. The molecule has 12 heteroatoms. The van der Waals surface area contributed by atoms with Crippen molar-refractivity contribution >= 4 is 29.3 Å². The molecule has 250 valence electrons. The number of rotatable bonds is 4. The fourth-order valence-electron chi connectivity index (χ4n) is 7.73. The molecular weight excluding hydrogens is 598 g/mol. The van der Waals surface area contributed by atoms with Gasteiger partial charge in [0.15, 0.2) is 5.69 Å². The maximum Gasteiger partial charge on any atom is 0.408 e. The standard InChI is InChI=1S/C34H44F2N4O6/c1-4-22-25(19-41)40-18-27(22)45-30-28(37-23-12-11-21(44-3)17-24(23)38-30)34(35,36)15-9-6-10-20-16-26(20)46-32(43)39-29(31(40)42)33(2)13-7-5-8-14-33/h11-12,17,19-20,22,25-27,29H,4-10,13-16,18H2,1-3H3,(H,39,43)/t20-,22+,25-,26-,27+,29-/m1/s1. The second kappa shape index (κ2) is 12.9. The third kappa shape index (κ3) is 6.36. The molecule has 3 fully saturated rings. The lowest BCUT2D eigenvalue weighted by Gasteiger charge is -2.41. The highest BCUT2D eigenvalue weighted by Crippen LogP contribution is 2.44. The molecule has 6 atom stereocenters. The van der Waals surface area contributed by atoms with Crippen LogP contribution in [-0.4, -0.2) is 71.1 Å². The minimum absolute atomic E-state index is 0.0302. The maximum absolute atomic E-state index is 16.0. The minimum atomic E-state index is -3.35. The van der Waals surface area contributed by atoms with E-state index in [0.717, 1.165) is 38.4 Å². The summed E-state index contributed by atoms with van der Waals surface area (Å²) in [6.45, 7) is 3.85. The van der Waals surface area contributed by atoms with Gasteiger partial charge in [0.2, 0.25) is 11.8 Å². The van der Waals surface area contributed by atoms with Crippen molar-refractivity contribution in [3.63, 3.8) is 0 Å². The van der Waals surface area contributed by atoms with Gasteiger partial charge in [-0.3, -0.25) is 4.79 Å². The first-order valence-corrected chi connectivity index (χ1v) is 16.7. The fraction of sp³-hybridized carbons (Fsp3) is 0.676. The first kappa shape index (κ1) is 32.4. The molecular formula is C34H44F2N4O6. The van der Waals surface area contributed by atoms with Crippen molar-refractivity contribution in [2.75, 3.05) is 13.7 Å². The summed E-state index contributed by atoms with van der Waals surface area (Å²) in [5.74, 6) is -3.96. The largest absolute Gasteiger partial charge is 0.497 e. The topological polar surface area (TPSA) is 120 Å². The molecule has 46 heavy (non-hydrogen) atoms. The van der Waals surface area contributed by atoms with Gasteiger partial charge in [-0.15, -0.1) is 0 Å². The van der Waals surface area contributed by atoms with E-state index in [0.29, 0.717) is 36.9 Å². The van der Waals surface area contributed by atoms with Gasteiger partial charge < -0.3 is 29.2 Å². The van der Waals surface area contributed by atoms with Gasteiger partial charge in [0.1, 0.15) is 30.3 Å². The lowest BCUT2D eigenvalue weighted by molar-refractivity contribution is -0.140. The van der Waals surface area contributed by atoms with Crippen LogP contribution in [0.25, 0.3) is 11.0 Å². The number of fused-ring (bicyclic) bond motifs is 5. The highest BCUT2D eigenvalue weighted by atomic mass is 19.3. The van der Waals surface area contributed by atoms with Crippen molar-refractivity contribution < 1.29 is 37.4 Å². The Bertz CT molecular complexity index is 1470. The van der Waals surface area contributed by atoms with E-state index in [1.54, 1.807) is 18.2 Å². The Morgan fingerprint density at radius 2 is 1.80 bits per heavy atom. The van der Waals surface area contributed by atoms with Crippen molar-refractivity contribution in [3.05, 3.63) is 23.9 Å². The molecule has 0 radical (unpaired) electrons. The number of methoxy groups -OCH3 is 1. The number of aromatic nitrogens is 2. The van der Waals surface area contributed by atoms with E-state index in [4.69, 9.17) is 14.2 Å². The number of benzene rings is 1. The molecule has 6 rings (SSSR count). The van der Waals surface area contributed by atoms with Gasteiger partial charge in [-0.1, -0.05) is 39.5 Å². The fourth-order valence-corrected chi connectivity index (χ4v) is 7.73. The van der Waals surface area contributed by atoms with E-state index in [9.17, 15) is 14.4 Å². The summed E-state index contributed by atoms with van der Waals surface area (Å²) in [5, 5.41) is 2.91. The molecule has 2 bridgehead atoms. The van der Waals surface area contributed by atoms with E-state index in [2.05, 4.69) is 15.3 Å². The van der Waals surface area contributed by atoms with E-state index in [-0.39, 0.29) is 36.4 Å². The Morgan fingerprint density at radius 3 is 2.52 bits per heavy atom. The number of hydrogen-bond acceptors (Lipinski definition) is 8. The van der Waals surface area contributed by atoms with Crippen LogP contribution in [0.2, 0.25) is 0 Å². The third-order valence-corrected chi connectivity index (χ3v) is 10.6. The molecule has 10 nitrogen and oxygen atoms in total. The number of carbonyl (C=O) groups excluding carboxylic acids is 3. The van der Waals surface area contributed by atoms with Gasteiger partial charge in [0, 0.05) is 18.4 Å². The van der Waals surface area contributed by atoms with Gasteiger partial charge >= 0.3 is 6.09 Å². The molecule has 2 amide bonds. The predicted molar refractivity (Wildman–Crippen MR) is 165 cm³/mol. The maximum atomic E-state index is 16.0. The van der Waals surface area contributed by atoms with Gasteiger partial charge in [-0.05, 0) is 62.0 Å². The van der Waals surface area contributed by atoms with Crippen LogP contribution in [0.1, 0.15) is 90.2 Å². The number of ether oxygens (including phenoxy) is 3. The van der Waals surface area contributed by atoms with Crippen LogP contribution in [0.3, 0.4) is 0 Å². The summed E-state index contributed by atoms with van der Waals surface area (Å²) >= 11 is 0. The highest BCUT2D eigenvalue weighted by Gasteiger charge is 2.51. The number of halogens is 2. The number of alkyl carbamates (subject to hydrolysis) is 1. The van der Waals surface area contributed by atoms with E-state index in [1.807, 2.05) is 13.8 Å². The lowest BCUT2D eigenvalue weighted by Crippen LogP contribution is -2.58. The average molecular weight is 643 g/mol. The van der Waals surface area contributed by atoms with Gasteiger partial charge in [-0.2, -0.15) is 8.78 Å². The zero-order chi connectivity index (χ0) is 32.6. The monoisotopic (exact) mass is 642 g/mol. The predicted octanol–water partition coefficient (Wildman–Crippen LogP) is 5.94. The van der Waals surface area contributed by atoms with Crippen LogP contribution in [0.4, 0.5) is 13.6 Å². The number of nitrogens with one attached hydrogen (secondary N) is 1.